The molecule has 19 heteroatoms. The largest absolute Gasteiger partial charge is 0.472 e. The van der Waals surface area contributed by atoms with Crippen LogP contribution >= 0.6 is 15.6 Å². The molecule has 0 aromatic carbocycles. The van der Waals surface area contributed by atoms with Crippen LogP contribution in [-0.2, 0) is 65.4 Å². The van der Waals surface area contributed by atoms with E-state index in [2.05, 4.69) is 55.4 Å². The van der Waals surface area contributed by atoms with E-state index >= 15 is 0 Å². The summed E-state index contributed by atoms with van der Waals surface area (Å²) in [5.41, 5.74) is 0. The summed E-state index contributed by atoms with van der Waals surface area (Å²) in [6.45, 7) is 14.1. The summed E-state index contributed by atoms with van der Waals surface area (Å²) < 4.78 is 68.3. The van der Waals surface area contributed by atoms with Crippen LogP contribution in [0.3, 0.4) is 0 Å². The van der Waals surface area contributed by atoms with Gasteiger partial charge in [0, 0.05) is 25.7 Å². The number of ether oxygens (including phenoxy) is 4. The number of carbonyl (C=O) groups excluding carboxylic acids is 4. The molecule has 0 radical (unpaired) electrons. The molecule has 17 nitrogen and oxygen atoms in total. The number of carbonyl (C=O) groups is 4. The van der Waals surface area contributed by atoms with E-state index in [1.807, 2.05) is 0 Å². The topological polar surface area (TPSA) is 237 Å². The molecule has 0 saturated heterocycles. The fourth-order valence-electron chi connectivity index (χ4n) is 11.0. The first-order valence-electron chi connectivity index (χ1n) is 37.7. The van der Waals surface area contributed by atoms with Gasteiger partial charge >= 0.3 is 39.5 Å². The predicted molar refractivity (Wildman–Crippen MR) is 372 cm³/mol. The molecule has 0 saturated carbocycles. The molecule has 0 aromatic heterocycles. The fraction of sp³-hybridized carbons (Fsp3) is 0.945. The van der Waals surface area contributed by atoms with Gasteiger partial charge in [0.1, 0.15) is 19.3 Å². The Labute approximate surface area is 562 Å². The lowest BCUT2D eigenvalue weighted by Crippen LogP contribution is -2.30. The Morgan fingerprint density at radius 2 is 0.522 bits per heavy atom. The minimum absolute atomic E-state index is 0.105. The Kier molecular flexibility index (Phi) is 61.3. The molecule has 0 aromatic rings. The molecule has 3 N–H and O–H groups in total. The van der Waals surface area contributed by atoms with E-state index in [9.17, 15) is 43.2 Å². The third-order valence-corrected chi connectivity index (χ3v) is 19.1. The Morgan fingerprint density at radius 3 is 0.772 bits per heavy atom. The number of phosphoric acid groups is 2. The van der Waals surface area contributed by atoms with Gasteiger partial charge < -0.3 is 33.8 Å². The van der Waals surface area contributed by atoms with Crippen LogP contribution in [0, 0.1) is 23.7 Å². The van der Waals surface area contributed by atoms with Crippen molar-refractivity contribution in [3.8, 4) is 0 Å². The molecule has 92 heavy (non-hydrogen) atoms. The minimum atomic E-state index is -4.95. The van der Waals surface area contributed by atoms with Crippen LogP contribution in [0.2, 0.25) is 0 Å². The van der Waals surface area contributed by atoms with Crippen molar-refractivity contribution in [2.24, 2.45) is 23.7 Å². The van der Waals surface area contributed by atoms with Crippen molar-refractivity contribution in [3.05, 3.63) is 0 Å². The average molecular weight is 1350 g/mol. The Hall–Kier alpha value is -1.94. The van der Waals surface area contributed by atoms with Crippen molar-refractivity contribution in [2.75, 3.05) is 39.6 Å². The highest BCUT2D eigenvalue weighted by molar-refractivity contribution is 7.47. The normalized spacial score (nSPS) is 14.5. The van der Waals surface area contributed by atoms with Gasteiger partial charge in [-0.15, -0.1) is 0 Å². The molecular formula is C73H142O17P2. The third kappa shape index (κ3) is 65.4. The lowest BCUT2D eigenvalue weighted by Gasteiger charge is -2.21. The predicted octanol–water partition coefficient (Wildman–Crippen LogP) is 20.9. The summed E-state index contributed by atoms with van der Waals surface area (Å²) in [7, 11) is -9.91. The second-order valence-corrected chi connectivity index (χ2v) is 30.9. The summed E-state index contributed by atoms with van der Waals surface area (Å²) in [6, 6.07) is 0. The van der Waals surface area contributed by atoms with Crippen LogP contribution in [0.5, 0.6) is 0 Å². The summed E-state index contributed by atoms with van der Waals surface area (Å²) >= 11 is 0. The molecule has 0 spiro atoms. The molecule has 0 bridgehead atoms. The van der Waals surface area contributed by atoms with Crippen molar-refractivity contribution in [3.63, 3.8) is 0 Å². The van der Waals surface area contributed by atoms with Gasteiger partial charge in [0.15, 0.2) is 12.2 Å². The molecule has 6 atom stereocenters. The summed E-state index contributed by atoms with van der Waals surface area (Å²) in [4.78, 5) is 72.6. The minimum Gasteiger partial charge on any atom is -0.462 e. The number of hydrogen-bond acceptors (Lipinski definition) is 15. The summed E-state index contributed by atoms with van der Waals surface area (Å²) in [5.74, 6) is 0.862. The first-order valence-corrected chi connectivity index (χ1v) is 40.7. The second kappa shape index (κ2) is 62.6. The lowest BCUT2D eigenvalue weighted by atomic mass is 9.99. The van der Waals surface area contributed by atoms with Crippen LogP contribution in [0.4, 0.5) is 0 Å². The van der Waals surface area contributed by atoms with Gasteiger partial charge in [-0.25, -0.2) is 9.13 Å². The van der Waals surface area contributed by atoms with Crippen molar-refractivity contribution in [1.82, 2.24) is 0 Å². The summed E-state index contributed by atoms with van der Waals surface area (Å²) in [6.07, 6.45) is 46.1. The van der Waals surface area contributed by atoms with E-state index in [1.54, 1.807) is 0 Å². The first-order chi connectivity index (χ1) is 44.1. The number of aliphatic hydroxyl groups is 1. The van der Waals surface area contributed by atoms with Crippen molar-refractivity contribution in [1.29, 1.82) is 0 Å². The van der Waals surface area contributed by atoms with E-state index in [-0.39, 0.29) is 25.7 Å². The van der Waals surface area contributed by atoms with Gasteiger partial charge in [0.2, 0.25) is 0 Å². The smallest absolute Gasteiger partial charge is 0.462 e. The number of rotatable bonds is 70. The number of aliphatic hydroxyl groups excluding tert-OH is 1. The zero-order chi connectivity index (χ0) is 68.2. The van der Waals surface area contributed by atoms with Crippen LogP contribution in [0.1, 0.15) is 364 Å². The van der Waals surface area contributed by atoms with Gasteiger partial charge in [-0.2, -0.15) is 0 Å². The maximum Gasteiger partial charge on any atom is 0.472 e. The highest BCUT2D eigenvalue weighted by Crippen LogP contribution is 2.45. The number of hydrogen-bond donors (Lipinski definition) is 3. The van der Waals surface area contributed by atoms with Crippen molar-refractivity contribution in [2.45, 2.75) is 382 Å². The molecule has 0 fully saturated rings. The van der Waals surface area contributed by atoms with Gasteiger partial charge in [0.05, 0.1) is 26.4 Å². The highest BCUT2D eigenvalue weighted by Gasteiger charge is 2.30. The Balaban J connectivity index is 5.19. The monoisotopic (exact) mass is 1350 g/mol. The third-order valence-electron chi connectivity index (χ3n) is 17.2. The maximum atomic E-state index is 13.0. The quantitative estimate of drug-likeness (QED) is 0.0222. The maximum absolute atomic E-state index is 13.0. The van der Waals surface area contributed by atoms with E-state index in [0.29, 0.717) is 37.5 Å². The van der Waals surface area contributed by atoms with Gasteiger partial charge in [0.25, 0.3) is 0 Å². The molecular weight excluding hydrogens is 1210 g/mol. The van der Waals surface area contributed by atoms with E-state index in [1.165, 1.54) is 154 Å². The molecule has 0 aliphatic carbocycles. The highest BCUT2D eigenvalue weighted by atomic mass is 31.2. The lowest BCUT2D eigenvalue weighted by molar-refractivity contribution is -0.161. The van der Waals surface area contributed by atoms with Gasteiger partial charge in [-0.1, -0.05) is 312 Å². The number of esters is 4. The molecule has 546 valence electrons. The van der Waals surface area contributed by atoms with Crippen LogP contribution in [0.15, 0.2) is 0 Å². The molecule has 0 heterocycles. The van der Waals surface area contributed by atoms with E-state index < -0.39 is 97.5 Å². The fourth-order valence-corrected chi connectivity index (χ4v) is 12.6. The van der Waals surface area contributed by atoms with Crippen molar-refractivity contribution >= 4 is 39.5 Å². The van der Waals surface area contributed by atoms with Crippen LogP contribution in [-0.4, -0.2) is 96.7 Å². The van der Waals surface area contributed by atoms with Crippen LogP contribution < -0.4 is 0 Å². The number of unbranched alkanes of at least 4 members (excludes halogenated alkanes) is 35. The van der Waals surface area contributed by atoms with Crippen LogP contribution in [0.25, 0.3) is 0 Å². The molecule has 0 aliphatic rings. The zero-order valence-corrected chi connectivity index (χ0v) is 62.0. The molecule has 0 rings (SSSR count). The standard InChI is InChI=1S/C73H142O17P2/c1-9-66(8)52-44-36-26-22-18-14-10-11-15-19-23-27-39-47-55-72(77)89-68(59-83-70(75)53-45-37-31-29-34-42-50-64(4)5)61-87-91(79,80)85-57-67(74)58-86-92(81,82)88-62-69(60-84-71(76)54-46-38-32-30-35-43-51-65(6)7)90-73(78)56-48-40-28-24-20-16-12-13-17-21-25-33-41-49-63(2)3/h63-69,74H,9-62H2,1-8H3,(H,79,80)(H,81,82)/t66?,67-,68+,69+/m0/s1. The number of phosphoric ester groups is 2. The zero-order valence-electron chi connectivity index (χ0n) is 60.2. The van der Waals surface area contributed by atoms with Gasteiger partial charge in [-0.3, -0.25) is 37.3 Å². The summed E-state index contributed by atoms with van der Waals surface area (Å²) in [5, 5.41) is 10.6. The van der Waals surface area contributed by atoms with Gasteiger partial charge in [-0.05, 0) is 49.4 Å². The molecule has 0 amide bonds. The van der Waals surface area contributed by atoms with Crippen molar-refractivity contribution < 1.29 is 80.2 Å². The molecule has 3 unspecified atom stereocenters. The first kappa shape index (κ1) is 90.1. The Morgan fingerprint density at radius 1 is 0.304 bits per heavy atom. The van der Waals surface area contributed by atoms with E-state index in [0.717, 1.165) is 115 Å². The molecule has 0 aliphatic heterocycles. The SMILES string of the molecule is CCC(C)CCCCCCCCCCCCCCCCC(=O)O[C@H](COC(=O)CCCCCCCCC(C)C)COP(=O)(O)OC[C@H](O)COP(=O)(O)OC[C@@H](COC(=O)CCCCCCCCC(C)C)OC(=O)CCCCCCCCCCCCCCCC(C)C. The average Bonchev–Trinajstić information content (AvgIpc) is 2.69. The Bertz CT molecular complexity index is 1820. The van der Waals surface area contributed by atoms with E-state index in [4.69, 9.17) is 37.0 Å². The second-order valence-electron chi connectivity index (χ2n) is 28.0.